The first-order valence-corrected chi connectivity index (χ1v) is 6.12. The number of carbonyl (C=O) groups is 1. The topological polar surface area (TPSA) is 68.0 Å². The second-order valence-electron chi connectivity index (χ2n) is 3.42. The molecule has 4 nitrogen and oxygen atoms in total. The Morgan fingerprint density at radius 1 is 1.47 bits per heavy atom. The summed E-state index contributed by atoms with van der Waals surface area (Å²) in [6.07, 6.45) is 1.72. The molecule has 1 amide bonds. The molecule has 0 spiro atoms. The van der Waals surface area contributed by atoms with Gasteiger partial charge < -0.3 is 11.1 Å². The predicted molar refractivity (Wildman–Crippen MR) is 69.1 cm³/mol. The van der Waals surface area contributed by atoms with Crippen molar-refractivity contribution in [3.63, 3.8) is 0 Å². The molecule has 0 aliphatic rings. The maximum absolute atomic E-state index is 11.8. The summed E-state index contributed by atoms with van der Waals surface area (Å²) in [5.74, 6) is -0.201. The summed E-state index contributed by atoms with van der Waals surface area (Å²) in [4.78, 5) is 16.7. The predicted octanol–water partition coefficient (Wildman–Crippen LogP) is 2.31. The number of halogens is 1. The van der Waals surface area contributed by atoms with Crippen LogP contribution in [0, 0.1) is 0 Å². The number of hydrogen-bond donors (Lipinski definition) is 2. The van der Waals surface area contributed by atoms with E-state index >= 15 is 0 Å². The molecule has 0 saturated heterocycles. The van der Waals surface area contributed by atoms with Gasteiger partial charge in [0.25, 0.3) is 5.91 Å². The average Bonchev–Trinajstić information content (AvgIpc) is 2.77. The van der Waals surface area contributed by atoms with E-state index in [1.54, 1.807) is 29.9 Å². The molecule has 6 heteroatoms. The molecule has 88 valence electrons. The Hall–Kier alpha value is -1.59. The van der Waals surface area contributed by atoms with Gasteiger partial charge in [0.1, 0.15) is 0 Å². The highest BCUT2D eigenvalue weighted by atomic mass is 35.5. The van der Waals surface area contributed by atoms with Gasteiger partial charge >= 0.3 is 0 Å². The van der Waals surface area contributed by atoms with Crippen LogP contribution in [-0.2, 0) is 6.54 Å². The van der Waals surface area contributed by atoms with E-state index in [1.807, 2.05) is 0 Å². The number of hydrogen-bond acceptors (Lipinski definition) is 4. The third-order valence-electron chi connectivity index (χ3n) is 2.09. The number of anilines is 1. The molecule has 0 unspecified atom stereocenters. The number of thiazole rings is 1. The molecule has 0 atom stereocenters. The van der Waals surface area contributed by atoms with Crippen molar-refractivity contribution in [2.75, 3.05) is 5.73 Å². The molecule has 0 fully saturated rings. The Balaban J connectivity index is 2.04. The number of amides is 1. The molecule has 0 radical (unpaired) electrons. The van der Waals surface area contributed by atoms with Crippen LogP contribution >= 0.6 is 22.9 Å². The highest BCUT2D eigenvalue weighted by Crippen LogP contribution is 2.16. The largest absolute Gasteiger partial charge is 0.399 e. The summed E-state index contributed by atoms with van der Waals surface area (Å²) in [6, 6.07) is 4.77. The second-order valence-corrected chi connectivity index (χ2v) is 4.83. The quantitative estimate of drug-likeness (QED) is 0.839. The second kappa shape index (κ2) is 5.16. The van der Waals surface area contributed by atoms with E-state index in [2.05, 4.69) is 10.3 Å². The van der Waals surface area contributed by atoms with Gasteiger partial charge in [-0.3, -0.25) is 9.78 Å². The monoisotopic (exact) mass is 267 g/mol. The van der Waals surface area contributed by atoms with E-state index in [0.717, 1.165) is 4.88 Å². The van der Waals surface area contributed by atoms with E-state index in [0.29, 0.717) is 22.8 Å². The van der Waals surface area contributed by atoms with Crippen LogP contribution in [0.5, 0.6) is 0 Å². The van der Waals surface area contributed by atoms with Crippen molar-refractivity contribution in [2.24, 2.45) is 0 Å². The maximum Gasteiger partial charge on any atom is 0.251 e. The maximum atomic E-state index is 11.8. The molecule has 0 aliphatic heterocycles. The van der Waals surface area contributed by atoms with Gasteiger partial charge in [-0.2, -0.15) is 0 Å². The first kappa shape index (κ1) is 11.9. The Labute approximate surface area is 107 Å². The van der Waals surface area contributed by atoms with Crippen LogP contribution in [0.15, 0.2) is 29.9 Å². The van der Waals surface area contributed by atoms with E-state index < -0.39 is 0 Å². The smallest absolute Gasteiger partial charge is 0.251 e. The molecule has 1 heterocycles. The Kier molecular flexibility index (Phi) is 3.61. The number of benzene rings is 1. The zero-order valence-corrected chi connectivity index (χ0v) is 10.4. The lowest BCUT2D eigenvalue weighted by Gasteiger charge is -2.05. The normalized spacial score (nSPS) is 10.2. The van der Waals surface area contributed by atoms with Crippen LogP contribution < -0.4 is 11.1 Å². The number of aromatic nitrogens is 1. The summed E-state index contributed by atoms with van der Waals surface area (Å²) >= 11 is 7.32. The molecular weight excluding hydrogens is 258 g/mol. The van der Waals surface area contributed by atoms with Crippen molar-refractivity contribution in [1.29, 1.82) is 0 Å². The molecule has 0 saturated carbocycles. The molecule has 1 aromatic carbocycles. The molecular formula is C11H10ClN3OS. The number of nitrogens with two attached hydrogens (primary N) is 1. The molecule has 2 rings (SSSR count). The summed E-state index contributed by atoms with van der Waals surface area (Å²) in [7, 11) is 0. The number of rotatable bonds is 3. The first-order valence-electron chi connectivity index (χ1n) is 4.87. The van der Waals surface area contributed by atoms with Crippen LogP contribution in [0.4, 0.5) is 5.69 Å². The van der Waals surface area contributed by atoms with Gasteiger partial charge in [0.2, 0.25) is 0 Å². The molecule has 17 heavy (non-hydrogen) atoms. The average molecular weight is 268 g/mol. The van der Waals surface area contributed by atoms with E-state index in [9.17, 15) is 4.79 Å². The van der Waals surface area contributed by atoms with Gasteiger partial charge in [-0.25, -0.2) is 0 Å². The molecule has 0 bridgehead atoms. The van der Waals surface area contributed by atoms with Gasteiger partial charge in [-0.15, -0.1) is 11.3 Å². The van der Waals surface area contributed by atoms with Crippen LogP contribution in [0.25, 0.3) is 0 Å². The minimum atomic E-state index is -0.201. The zero-order chi connectivity index (χ0) is 12.3. The van der Waals surface area contributed by atoms with Gasteiger partial charge in [0.05, 0.1) is 12.1 Å². The number of nitrogens with one attached hydrogen (secondary N) is 1. The minimum Gasteiger partial charge on any atom is -0.399 e. The Morgan fingerprint density at radius 3 is 2.94 bits per heavy atom. The first-order chi connectivity index (χ1) is 8.15. The van der Waals surface area contributed by atoms with Crippen molar-refractivity contribution in [3.05, 3.63) is 45.4 Å². The lowest BCUT2D eigenvalue weighted by atomic mass is 10.2. The Morgan fingerprint density at radius 2 is 2.29 bits per heavy atom. The Bertz CT molecular complexity index is 507. The fourth-order valence-electron chi connectivity index (χ4n) is 1.34. The third-order valence-corrected chi connectivity index (χ3v) is 3.09. The van der Waals surface area contributed by atoms with Crippen LogP contribution in [0.1, 0.15) is 15.2 Å². The lowest BCUT2D eigenvalue weighted by molar-refractivity contribution is 0.0951. The summed E-state index contributed by atoms with van der Waals surface area (Å²) in [5.41, 5.74) is 8.27. The number of nitrogens with zero attached hydrogens (tertiary/aromatic N) is 1. The standard InChI is InChI=1S/C11H10ClN3OS/c12-8-1-7(2-9(13)3-8)11(16)15-5-10-4-14-6-17-10/h1-4,6H,5,13H2,(H,15,16). The van der Waals surface area contributed by atoms with E-state index in [4.69, 9.17) is 17.3 Å². The number of nitrogen functional groups attached to an aromatic ring is 1. The van der Waals surface area contributed by atoms with Crippen LogP contribution in [0.2, 0.25) is 5.02 Å². The fraction of sp³-hybridized carbons (Fsp3) is 0.0909. The van der Waals surface area contributed by atoms with Crippen molar-refractivity contribution in [2.45, 2.75) is 6.54 Å². The molecule has 2 aromatic rings. The van der Waals surface area contributed by atoms with Gasteiger partial charge in [0, 0.05) is 27.3 Å². The SMILES string of the molecule is Nc1cc(Cl)cc(C(=O)NCc2cncs2)c1. The third kappa shape index (κ3) is 3.18. The number of carbonyl (C=O) groups excluding carboxylic acids is 1. The molecule has 1 aromatic heterocycles. The van der Waals surface area contributed by atoms with Crippen molar-refractivity contribution < 1.29 is 4.79 Å². The van der Waals surface area contributed by atoms with E-state index in [-0.39, 0.29) is 5.91 Å². The summed E-state index contributed by atoms with van der Waals surface area (Å²) < 4.78 is 0. The van der Waals surface area contributed by atoms with Gasteiger partial charge in [-0.05, 0) is 18.2 Å². The van der Waals surface area contributed by atoms with E-state index in [1.165, 1.54) is 11.3 Å². The van der Waals surface area contributed by atoms with Gasteiger partial charge in [-0.1, -0.05) is 11.6 Å². The highest BCUT2D eigenvalue weighted by Gasteiger charge is 2.07. The van der Waals surface area contributed by atoms with Crippen LogP contribution in [0.3, 0.4) is 0 Å². The fourth-order valence-corrected chi connectivity index (χ4v) is 2.12. The lowest BCUT2D eigenvalue weighted by Crippen LogP contribution is -2.22. The van der Waals surface area contributed by atoms with Crippen molar-refractivity contribution in [3.8, 4) is 0 Å². The highest BCUT2D eigenvalue weighted by molar-refractivity contribution is 7.09. The molecule has 3 N–H and O–H groups in total. The van der Waals surface area contributed by atoms with Crippen LogP contribution in [-0.4, -0.2) is 10.9 Å². The summed E-state index contributed by atoms with van der Waals surface area (Å²) in [5, 5.41) is 3.22. The van der Waals surface area contributed by atoms with Crippen molar-refractivity contribution >= 4 is 34.5 Å². The van der Waals surface area contributed by atoms with Gasteiger partial charge in [0.15, 0.2) is 0 Å². The minimum absolute atomic E-state index is 0.201. The molecule has 0 aliphatic carbocycles. The zero-order valence-electron chi connectivity index (χ0n) is 8.81. The summed E-state index contributed by atoms with van der Waals surface area (Å²) in [6.45, 7) is 0.454. The van der Waals surface area contributed by atoms with Crippen molar-refractivity contribution in [1.82, 2.24) is 10.3 Å².